The molecule has 2 aromatic carbocycles. The third-order valence-electron chi connectivity index (χ3n) is 3.20. The third kappa shape index (κ3) is 4.53. The van der Waals surface area contributed by atoms with E-state index in [1.807, 2.05) is 61.5 Å². The van der Waals surface area contributed by atoms with Crippen molar-refractivity contribution in [2.45, 2.75) is 24.9 Å². The van der Waals surface area contributed by atoms with Crippen LogP contribution >= 0.6 is 0 Å². The molecule has 110 valence electrons. The number of carbonyl (C=O) groups excluding carboxylic acids is 1. The van der Waals surface area contributed by atoms with Crippen LogP contribution in [0.3, 0.4) is 0 Å². The number of nitrogens with one attached hydrogen (secondary N) is 1. The molecular weight excluding hydrogens is 282 g/mol. The van der Waals surface area contributed by atoms with Crippen molar-refractivity contribution in [3.05, 3.63) is 65.7 Å². The molecule has 2 aromatic rings. The molecule has 3 nitrogen and oxygen atoms in total. The van der Waals surface area contributed by atoms with Gasteiger partial charge < -0.3 is 5.32 Å². The highest BCUT2D eigenvalue weighted by Gasteiger charge is 2.20. The van der Waals surface area contributed by atoms with Gasteiger partial charge in [0, 0.05) is 22.2 Å². The lowest BCUT2D eigenvalue weighted by atomic mass is 10.2. The Morgan fingerprint density at radius 1 is 1.14 bits per heavy atom. The van der Waals surface area contributed by atoms with E-state index in [0.717, 1.165) is 16.8 Å². The Bertz CT molecular complexity index is 640. The molecule has 0 fully saturated rings. The first-order valence-corrected chi connectivity index (χ1v) is 8.23. The molecule has 0 aliphatic carbocycles. The first kappa shape index (κ1) is 15.4. The van der Waals surface area contributed by atoms with Crippen LogP contribution in [-0.2, 0) is 21.3 Å². The minimum absolute atomic E-state index is 0.216. The van der Waals surface area contributed by atoms with Crippen LogP contribution < -0.4 is 5.32 Å². The SMILES string of the molecule is Cc1cccc(CS(=O)C(C)C(=O)Nc2ccccc2)c1. The van der Waals surface area contributed by atoms with Crippen LogP contribution in [0, 0.1) is 6.92 Å². The van der Waals surface area contributed by atoms with Gasteiger partial charge in [-0.25, -0.2) is 0 Å². The lowest BCUT2D eigenvalue weighted by Crippen LogP contribution is -2.29. The molecule has 1 amide bonds. The second kappa shape index (κ2) is 7.18. The molecule has 0 saturated carbocycles. The second-order valence-corrected chi connectivity index (χ2v) is 6.77. The van der Waals surface area contributed by atoms with Crippen LogP contribution in [0.5, 0.6) is 0 Å². The van der Waals surface area contributed by atoms with Crippen LogP contribution in [0.25, 0.3) is 0 Å². The van der Waals surface area contributed by atoms with E-state index in [4.69, 9.17) is 0 Å². The van der Waals surface area contributed by atoms with E-state index in [2.05, 4.69) is 5.32 Å². The molecule has 0 aromatic heterocycles. The number of carbonyl (C=O) groups is 1. The monoisotopic (exact) mass is 301 g/mol. The molecule has 0 heterocycles. The van der Waals surface area contributed by atoms with Gasteiger partial charge in [0.25, 0.3) is 0 Å². The maximum absolute atomic E-state index is 12.3. The summed E-state index contributed by atoms with van der Waals surface area (Å²) in [6, 6.07) is 17.1. The Morgan fingerprint density at radius 3 is 2.52 bits per heavy atom. The average molecular weight is 301 g/mol. The molecule has 0 aliphatic rings. The molecule has 0 spiro atoms. The van der Waals surface area contributed by atoms with E-state index in [9.17, 15) is 9.00 Å². The summed E-state index contributed by atoms with van der Waals surface area (Å²) < 4.78 is 12.3. The van der Waals surface area contributed by atoms with Gasteiger partial charge in [-0.1, -0.05) is 48.0 Å². The lowest BCUT2D eigenvalue weighted by Gasteiger charge is -2.12. The highest BCUT2D eigenvalue weighted by atomic mass is 32.2. The molecular formula is C17H19NO2S. The number of hydrogen-bond acceptors (Lipinski definition) is 2. The van der Waals surface area contributed by atoms with Gasteiger partial charge in [0.2, 0.25) is 5.91 Å². The van der Waals surface area contributed by atoms with Gasteiger partial charge >= 0.3 is 0 Å². The zero-order chi connectivity index (χ0) is 15.2. The van der Waals surface area contributed by atoms with E-state index < -0.39 is 16.0 Å². The number of para-hydroxylation sites is 1. The molecule has 1 N–H and O–H groups in total. The maximum Gasteiger partial charge on any atom is 0.239 e. The largest absolute Gasteiger partial charge is 0.325 e. The van der Waals surface area contributed by atoms with Gasteiger partial charge in [-0.3, -0.25) is 9.00 Å². The summed E-state index contributed by atoms with van der Waals surface area (Å²) in [6.07, 6.45) is 0. The van der Waals surface area contributed by atoms with Gasteiger partial charge in [0.05, 0.1) is 0 Å². The van der Waals surface area contributed by atoms with Crippen molar-refractivity contribution in [2.75, 3.05) is 5.32 Å². The first-order chi connectivity index (χ1) is 10.1. The van der Waals surface area contributed by atoms with E-state index in [1.165, 1.54) is 0 Å². The highest BCUT2D eigenvalue weighted by Crippen LogP contribution is 2.12. The molecule has 0 bridgehead atoms. The Hall–Kier alpha value is -1.94. The summed E-state index contributed by atoms with van der Waals surface area (Å²) in [5.41, 5.74) is 2.85. The Kier molecular flexibility index (Phi) is 5.28. The molecule has 4 heteroatoms. The standard InChI is InChI=1S/C17H19NO2S/c1-13-7-6-8-15(11-13)12-21(20)14(2)17(19)18-16-9-4-3-5-10-16/h3-11,14H,12H2,1-2H3,(H,18,19). The minimum Gasteiger partial charge on any atom is -0.325 e. The van der Waals surface area contributed by atoms with Crippen LogP contribution in [-0.4, -0.2) is 15.4 Å². The molecule has 2 atom stereocenters. The molecule has 2 unspecified atom stereocenters. The van der Waals surface area contributed by atoms with E-state index in [1.54, 1.807) is 6.92 Å². The van der Waals surface area contributed by atoms with Crippen LogP contribution in [0.1, 0.15) is 18.1 Å². The highest BCUT2D eigenvalue weighted by molar-refractivity contribution is 7.85. The van der Waals surface area contributed by atoms with Crippen molar-refractivity contribution in [1.82, 2.24) is 0 Å². The zero-order valence-corrected chi connectivity index (χ0v) is 13.0. The third-order valence-corrected chi connectivity index (χ3v) is 4.82. The zero-order valence-electron chi connectivity index (χ0n) is 12.2. The van der Waals surface area contributed by atoms with Gasteiger partial charge in [-0.2, -0.15) is 0 Å². The summed E-state index contributed by atoms with van der Waals surface area (Å²) in [7, 11) is -1.24. The fraction of sp³-hybridized carbons (Fsp3) is 0.235. The normalized spacial score (nSPS) is 13.4. The molecule has 0 aliphatic heterocycles. The molecule has 2 rings (SSSR count). The Morgan fingerprint density at radius 2 is 1.86 bits per heavy atom. The van der Waals surface area contributed by atoms with E-state index in [0.29, 0.717) is 5.75 Å². The summed E-state index contributed by atoms with van der Waals surface area (Å²) in [6.45, 7) is 3.70. The number of aryl methyl sites for hydroxylation is 1. The number of benzene rings is 2. The van der Waals surface area contributed by atoms with Crippen molar-refractivity contribution in [3.8, 4) is 0 Å². The van der Waals surface area contributed by atoms with Crippen molar-refractivity contribution >= 4 is 22.4 Å². The molecule has 21 heavy (non-hydrogen) atoms. The number of hydrogen-bond donors (Lipinski definition) is 1. The van der Waals surface area contributed by atoms with Gasteiger partial charge in [0.1, 0.15) is 5.25 Å². The molecule has 0 saturated heterocycles. The van der Waals surface area contributed by atoms with Crippen LogP contribution in [0.15, 0.2) is 54.6 Å². The van der Waals surface area contributed by atoms with Crippen LogP contribution in [0.4, 0.5) is 5.69 Å². The minimum atomic E-state index is -1.24. The first-order valence-electron chi connectivity index (χ1n) is 6.85. The smallest absolute Gasteiger partial charge is 0.239 e. The summed E-state index contributed by atoms with van der Waals surface area (Å²) in [4.78, 5) is 12.1. The summed E-state index contributed by atoms with van der Waals surface area (Å²) in [5.74, 6) is 0.178. The van der Waals surface area contributed by atoms with Crippen molar-refractivity contribution in [2.24, 2.45) is 0 Å². The van der Waals surface area contributed by atoms with Gasteiger partial charge in [0.15, 0.2) is 0 Å². The van der Waals surface area contributed by atoms with Gasteiger partial charge in [-0.05, 0) is 31.5 Å². The van der Waals surface area contributed by atoms with Crippen LogP contribution in [0.2, 0.25) is 0 Å². The quantitative estimate of drug-likeness (QED) is 0.921. The predicted molar refractivity (Wildman–Crippen MR) is 87.6 cm³/mol. The lowest BCUT2D eigenvalue weighted by molar-refractivity contribution is -0.115. The summed E-state index contributed by atoms with van der Waals surface area (Å²) in [5, 5.41) is 2.24. The Balaban J connectivity index is 1.97. The molecule has 0 radical (unpaired) electrons. The fourth-order valence-corrected chi connectivity index (χ4v) is 3.03. The predicted octanol–water partition coefficient (Wildman–Crippen LogP) is 3.27. The number of rotatable bonds is 5. The maximum atomic E-state index is 12.3. The fourth-order valence-electron chi connectivity index (χ4n) is 1.98. The topological polar surface area (TPSA) is 46.2 Å². The van der Waals surface area contributed by atoms with Crippen molar-refractivity contribution < 1.29 is 9.00 Å². The van der Waals surface area contributed by atoms with E-state index in [-0.39, 0.29) is 5.91 Å². The van der Waals surface area contributed by atoms with Crippen molar-refractivity contribution in [1.29, 1.82) is 0 Å². The van der Waals surface area contributed by atoms with Gasteiger partial charge in [-0.15, -0.1) is 0 Å². The Labute approximate surface area is 127 Å². The van der Waals surface area contributed by atoms with E-state index >= 15 is 0 Å². The summed E-state index contributed by atoms with van der Waals surface area (Å²) >= 11 is 0. The number of amides is 1. The second-order valence-electron chi connectivity index (χ2n) is 5.01. The number of anilines is 1. The average Bonchev–Trinajstić information content (AvgIpc) is 2.47. The van der Waals surface area contributed by atoms with Crippen molar-refractivity contribution in [3.63, 3.8) is 0 Å².